The first-order valence-corrected chi connectivity index (χ1v) is 4.76. The summed E-state index contributed by atoms with van der Waals surface area (Å²) in [5.41, 5.74) is 1.17. The van der Waals surface area contributed by atoms with Crippen LogP contribution in [0.2, 0.25) is 0 Å². The third kappa shape index (κ3) is 8.62. The zero-order chi connectivity index (χ0) is 13.1. The summed E-state index contributed by atoms with van der Waals surface area (Å²) in [6.45, 7) is 3.63. The highest BCUT2D eigenvalue weighted by Gasteiger charge is 1.91. The molecule has 0 atom stereocenters. The van der Waals surface area contributed by atoms with Crippen molar-refractivity contribution in [1.82, 2.24) is 0 Å². The van der Waals surface area contributed by atoms with Crippen molar-refractivity contribution in [1.29, 1.82) is 0 Å². The van der Waals surface area contributed by atoms with Crippen molar-refractivity contribution >= 4 is 18.0 Å². The topological polar surface area (TPSA) is 63.6 Å². The number of ether oxygens (including phenoxy) is 1. The number of rotatable bonds is 3. The SMILES string of the molecule is C=Cc1ccccc1.COC(=O)/C=C\C(=O)O. The number of carbonyl (C=O) groups excluding carboxylic acids is 1. The Bertz CT molecular complexity index is 393. The van der Waals surface area contributed by atoms with Gasteiger partial charge in [-0.2, -0.15) is 0 Å². The van der Waals surface area contributed by atoms with E-state index in [9.17, 15) is 9.59 Å². The molecule has 0 amide bonds. The predicted molar refractivity (Wildman–Crippen MR) is 65.3 cm³/mol. The lowest BCUT2D eigenvalue weighted by atomic mass is 10.2. The second-order valence-corrected chi connectivity index (χ2v) is 2.81. The first-order valence-electron chi connectivity index (χ1n) is 4.76. The van der Waals surface area contributed by atoms with Gasteiger partial charge in [-0.3, -0.25) is 0 Å². The molecule has 0 fully saturated rings. The van der Waals surface area contributed by atoms with Crippen LogP contribution in [0, 0.1) is 0 Å². The molecule has 0 saturated heterocycles. The van der Waals surface area contributed by atoms with Gasteiger partial charge in [0.1, 0.15) is 0 Å². The Hall–Kier alpha value is -2.36. The molecule has 0 bridgehead atoms. The fourth-order valence-corrected chi connectivity index (χ4v) is 0.796. The number of hydrogen-bond acceptors (Lipinski definition) is 3. The summed E-state index contributed by atoms with van der Waals surface area (Å²) in [4.78, 5) is 19.9. The lowest BCUT2D eigenvalue weighted by Gasteiger charge is -1.85. The summed E-state index contributed by atoms with van der Waals surface area (Å²) in [7, 11) is 1.18. The van der Waals surface area contributed by atoms with E-state index in [4.69, 9.17) is 5.11 Å². The van der Waals surface area contributed by atoms with Gasteiger partial charge in [-0.1, -0.05) is 43.0 Å². The molecule has 0 aliphatic rings. The Kier molecular flexibility index (Phi) is 7.67. The van der Waals surface area contributed by atoms with E-state index in [0.717, 1.165) is 6.08 Å². The lowest BCUT2D eigenvalue weighted by Crippen LogP contribution is -1.96. The summed E-state index contributed by atoms with van der Waals surface area (Å²) in [5, 5.41) is 7.96. The van der Waals surface area contributed by atoms with E-state index >= 15 is 0 Å². The molecule has 0 aliphatic carbocycles. The number of methoxy groups -OCH3 is 1. The largest absolute Gasteiger partial charge is 0.478 e. The first-order chi connectivity index (χ1) is 8.10. The number of carboxylic acids is 1. The summed E-state index contributed by atoms with van der Waals surface area (Å²) in [6, 6.07) is 10.0. The van der Waals surface area contributed by atoms with Crippen molar-refractivity contribution in [3.05, 3.63) is 54.6 Å². The number of hydrogen-bond donors (Lipinski definition) is 1. The average molecular weight is 234 g/mol. The van der Waals surface area contributed by atoms with Crippen LogP contribution in [0.4, 0.5) is 0 Å². The monoisotopic (exact) mass is 234 g/mol. The van der Waals surface area contributed by atoms with Gasteiger partial charge < -0.3 is 9.84 Å². The van der Waals surface area contributed by atoms with Gasteiger partial charge >= 0.3 is 11.9 Å². The van der Waals surface area contributed by atoms with Gasteiger partial charge in [0.15, 0.2) is 0 Å². The summed E-state index contributed by atoms with van der Waals surface area (Å²) < 4.78 is 4.11. The number of carboxylic acid groups (broad SMARTS) is 1. The minimum absolute atomic E-state index is 0.669. The van der Waals surface area contributed by atoms with Crippen LogP contribution >= 0.6 is 0 Å². The molecule has 0 radical (unpaired) electrons. The van der Waals surface area contributed by atoms with Crippen LogP contribution < -0.4 is 0 Å². The van der Waals surface area contributed by atoms with Crippen LogP contribution in [-0.2, 0) is 14.3 Å². The maximum absolute atomic E-state index is 10.1. The Morgan fingerprint density at radius 1 is 1.24 bits per heavy atom. The van der Waals surface area contributed by atoms with Crippen molar-refractivity contribution in [2.45, 2.75) is 0 Å². The van der Waals surface area contributed by atoms with Gasteiger partial charge in [0.2, 0.25) is 0 Å². The molecule has 1 aromatic carbocycles. The fourth-order valence-electron chi connectivity index (χ4n) is 0.796. The van der Waals surface area contributed by atoms with Crippen molar-refractivity contribution in [3.63, 3.8) is 0 Å². The number of esters is 1. The maximum atomic E-state index is 10.1. The molecule has 1 aromatic rings. The molecule has 0 saturated carbocycles. The van der Waals surface area contributed by atoms with Crippen LogP contribution in [0.25, 0.3) is 6.08 Å². The minimum atomic E-state index is -1.17. The van der Waals surface area contributed by atoms with E-state index < -0.39 is 11.9 Å². The van der Waals surface area contributed by atoms with Gasteiger partial charge in [0.05, 0.1) is 7.11 Å². The smallest absolute Gasteiger partial charge is 0.330 e. The zero-order valence-corrected chi connectivity index (χ0v) is 9.50. The molecule has 1 N–H and O–H groups in total. The van der Waals surface area contributed by atoms with E-state index in [0.29, 0.717) is 6.08 Å². The minimum Gasteiger partial charge on any atom is -0.478 e. The molecular formula is C13H14O4. The Morgan fingerprint density at radius 3 is 2.18 bits per heavy atom. The predicted octanol–water partition coefficient (Wildman–Crippen LogP) is 2.13. The number of carbonyl (C=O) groups is 2. The zero-order valence-electron chi connectivity index (χ0n) is 9.50. The van der Waals surface area contributed by atoms with E-state index in [-0.39, 0.29) is 0 Å². The van der Waals surface area contributed by atoms with E-state index in [1.54, 1.807) is 0 Å². The van der Waals surface area contributed by atoms with Crippen LogP contribution in [0.1, 0.15) is 5.56 Å². The molecule has 4 heteroatoms. The van der Waals surface area contributed by atoms with Crippen LogP contribution in [0.3, 0.4) is 0 Å². The molecule has 0 unspecified atom stereocenters. The molecule has 0 aromatic heterocycles. The quantitative estimate of drug-likeness (QED) is 0.642. The van der Waals surface area contributed by atoms with E-state index in [1.807, 2.05) is 36.4 Å². The van der Waals surface area contributed by atoms with Crippen LogP contribution in [-0.4, -0.2) is 24.2 Å². The molecule has 0 spiro atoms. The standard InChI is InChI=1S/C8H8.C5H6O4/c1-2-8-6-4-3-5-7-8;1-9-5(8)3-2-4(6)7/h2-7H,1H2;2-3H,1H3,(H,6,7)/b;3-2-. The highest BCUT2D eigenvalue weighted by atomic mass is 16.5. The van der Waals surface area contributed by atoms with Gasteiger partial charge in [-0.15, -0.1) is 0 Å². The molecule has 4 nitrogen and oxygen atoms in total. The maximum Gasteiger partial charge on any atom is 0.330 e. The van der Waals surface area contributed by atoms with Gasteiger partial charge in [0.25, 0.3) is 0 Å². The van der Waals surface area contributed by atoms with Crippen LogP contribution in [0.15, 0.2) is 49.1 Å². The van der Waals surface area contributed by atoms with Gasteiger partial charge in [-0.25, -0.2) is 9.59 Å². The van der Waals surface area contributed by atoms with Gasteiger partial charge in [-0.05, 0) is 5.56 Å². The third-order valence-electron chi connectivity index (χ3n) is 1.60. The van der Waals surface area contributed by atoms with Crippen LogP contribution in [0.5, 0.6) is 0 Å². The van der Waals surface area contributed by atoms with Crippen molar-refractivity contribution in [2.24, 2.45) is 0 Å². The third-order valence-corrected chi connectivity index (χ3v) is 1.60. The normalized spacial score (nSPS) is 9.00. The number of benzene rings is 1. The van der Waals surface area contributed by atoms with Crippen molar-refractivity contribution in [3.8, 4) is 0 Å². The van der Waals surface area contributed by atoms with E-state index in [2.05, 4.69) is 11.3 Å². The highest BCUT2D eigenvalue weighted by Crippen LogP contribution is 1.97. The summed E-state index contributed by atoms with van der Waals surface area (Å²) in [6.07, 6.45) is 3.38. The Labute approximate surface area is 99.8 Å². The second kappa shape index (κ2) is 8.91. The highest BCUT2D eigenvalue weighted by molar-refractivity contribution is 5.90. The average Bonchev–Trinajstić information content (AvgIpc) is 2.37. The fraction of sp³-hybridized carbons (Fsp3) is 0.0769. The van der Waals surface area contributed by atoms with Gasteiger partial charge in [0, 0.05) is 12.2 Å². The summed E-state index contributed by atoms with van der Waals surface area (Å²) in [5.74, 6) is -1.84. The molecular weight excluding hydrogens is 220 g/mol. The number of aliphatic carboxylic acids is 1. The molecule has 0 heterocycles. The summed E-state index contributed by atoms with van der Waals surface area (Å²) >= 11 is 0. The van der Waals surface area contributed by atoms with Crippen molar-refractivity contribution < 1.29 is 19.4 Å². The molecule has 17 heavy (non-hydrogen) atoms. The second-order valence-electron chi connectivity index (χ2n) is 2.81. The first kappa shape index (κ1) is 14.6. The molecule has 1 rings (SSSR count). The Balaban J connectivity index is 0.000000302. The van der Waals surface area contributed by atoms with Crippen molar-refractivity contribution in [2.75, 3.05) is 7.11 Å². The Morgan fingerprint density at radius 2 is 1.82 bits per heavy atom. The molecule has 90 valence electrons. The molecule has 0 aliphatic heterocycles. The lowest BCUT2D eigenvalue weighted by molar-refractivity contribution is -0.136. The van der Waals surface area contributed by atoms with E-state index in [1.165, 1.54) is 12.7 Å².